The van der Waals surface area contributed by atoms with Crippen molar-refractivity contribution in [3.63, 3.8) is 0 Å². The summed E-state index contributed by atoms with van der Waals surface area (Å²) in [5, 5.41) is 7.49. The fraction of sp³-hybridized carbons (Fsp3) is 0.0500. The highest BCUT2D eigenvalue weighted by Gasteiger charge is 2.15. The van der Waals surface area contributed by atoms with Crippen LogP contribution >= 0.6 is 0 Å². The van der Waals surface area contributed by atoms with E-state index in [1.54, 1.807) is 0 Å². The van der Waals surface area contributed by atoms with Crippen LogP contribution in [0, 0.1) is 0 Å². The van der Waals surface area contributed by atoms with Crippen molar-refractivity contribution >= 4 is 43.5 Å². The first kappa shape index (κ1) is 23.7. The molecular formula is C40H28O. The van der Waals surface area contributed by atoms with E-state index in [1.807, 2.05) is 12.1 Å². The van der Waals surface area contributed by atoms with E-state index in [2.05, 4.69) is 140 Å². The molecule has 0 saturated heterocycles. The third kappa shape index (κ3) is 3.93. The SMILES string of the molecule is CC(c1ccc(-c2cccc3c2oc2ccccc23)cc1)c1cccc(-c2cc3ccccc3c3ccccc23)c1. The summed E-state index contributed by atoms with van der Waals surface area (Å²) in [4.78, 5) is 0. The maximum Gasteiger partial charge on any atom is 0.143 e. The molecule has 0 amide bonds. The molecule has 0 saturated carbocycles. The first-order valence-corrected chi connectivity index (χ1v) is 14.3. The van der Waals surface area contributed by atoms with Crippen LogP contribution in [0.1, 0.15) is 24.0 Å². The fourth-order valence-electron chi connectivity index (χ4n) is 6.39. The minimum atomic E-state index is 0.262. The molecule has 194 valence electrons. The second kappa shape index (κ2) is 9.50. The Hall–Kier alpha value is -5.14. The van der Waals surface area contributed by atoms with Crippen LogP contribution in [0.15, 0.2) is 150 Å². The Balaban J connectivity index is 1.16. The molecule has 1 atom stereocenters. The number of para-hydroxylation sites is 2. The summed E-state index contributed by atoms with van der Waals surface area (Å²) in [6.07, 6.45) is 0. The minimum Gasteiger partial charge on any atom is -0.455 e. The molecule has 8 aromatic rings. The summed E-state index contributed by atoms with van der Waals surface area (Å²) in [6.45, 7) is 2.30. The number of furan rings is 1. The van der Waals surface area contributed by atoms with Crippen LogP contribution < -0.4 is 0 Å². The van der Waals surface area contributed by atoms with Crippen LogP contribution in [-0.4, -0.2) is 0 Å². The first-order chi connectivity index (χ1) is 20.2. The molecule has 0 N–H and O–H groups in total. The van der Waals surface area contributed by atoms with Gasteiger partial charge in [-0.15, -0.1) is 0 Å². The van der Waals surface area contributed by atoms with Crippen molar-refractivity contribution < 1.29 is 4.42 Å². The molecule has 1 aromatic heterocycles. The zero-order chi connectivity index (χ0) is 27.3. The molecule has 0 radical (unpaired) electrons. The van der Waals surface area contributed by atoms with Crippen molar-refractivity contribution in [2.45, 2.75) is 12.8 Å². The maximum atomic E-state index is 6.30. The Labute approximate surface area is 239 Å². The second-order valence-corrected chi connectivity index (χ2v) is 10.9. The lowest BCUT2D eigenvalue weighted by Gasteiger charge is -2.16. The molecule has 0 aliphatic carbocycles. The highest BCUT2D eigenvalue weighted by molar-refractivity contribution is 6.14. The molecule has 1 unspecified atom stereocenters. The quantitative estimate of drug-likeness (QED) is 0.209. The zero-order valence-electron chi connectivity index (χ0n) is 22.8. The van der Waals surface area contributed by atoms with Crippen molar-refractivity contribution in [2.75, 3.05) is 0 Å². The van der Waals surface area contributed by atoms with E-state index < -0.39 is 0 Å². The van der Waals surface area contributed by atoms with E-state index in [4.69, 9.17) is 4.42 Å². The number of rotatable bonds is 4. The van der Waals surface area contributed by atoms with Crippen molar-refractivity contribution in [2.24, 2.45) is 0 Å². The lowest BCUT2D eigenvalue weighted by Crippen LogP contribution is -1.97. The third-order valence-corrected chi connectivity index (χ3v) is 8.59. The van der Waals surface area contributed by atoms with Crippen LogP contribution in [0.3, 0.4) is 0 Å². The van der Waals surface area contributed by atoms with Crippen LogP contribution in [0.2, 0.25) is 0 Å². The van der Waals surface area contributed by atoms with Gasteiger partial charge >= 0.3 is 0 Å². The highest BCUT2D eigenvalue weighted by Crippen LogP contribution is 2.38. The lowest BCUT2D eigenvalue weighted by molar-refractivity contribution is 0.670. The van der Waals surface area contributed by atoms with Gasteiger partial charge in [-0.1, -0.05) is 140 Å². The van der Waals surface area contributed by atoms with Gasteiger partial charge in [-0.2, -0.15) is 0 Å². The van der Waals surface area contributed by atoms with E-state index in [-0.39, 0.29) is 5.92 Å². The summed E-state index contributed by atoms with van der Waals surface area (Å²) in [6, 6.07) is 52.5. The van der Waals surface area contributed by atoms with Crippen molar-refractivity contribution in [1.82, 2.24) is 0 Å². The highest BCUT2D eigenvalue weighted by atomic mass is 16.3. The Morgan fingerprint density at radius 2 is 1.12 bits per heavy atom. The number of benzene rings is 7. The predicted molar refractivity (Wildman–Crippen MR) is 174 cm³/mol. The fourth-order valence-corrected chi connectivity index (χ4v) is 6.39. The van der Waals surface area contributed by atoms with E-state index in [0.717, 1.165) is 27.5 Å². The van der Waals surface area contributed by atoms with Crippen molar-refractivity contribution in [3.05, 3.63) is 157 Å². The van der Waals surface area contributed by atoms with E-state index in [9.17, 15) is 0 Å². The van der Waals surface area contributed by atoms with Crippen LogP contribution in [0.4, 0.5) is 0 Å². The topological polar surface area (TPSA) is 13.1 Å². The van der Waals surface area contributed by atoms with Gasteiger partial charge in [0.05, 0.1) is 0 Å². The van der Waals surface area contributed by atoms with Crippen LogP contribution in [-0.2, 0) is 0 Å². The first-order valence-electron chi connectivity index (χ1n) is 14.3. The smallest absolute Gasteiger partial charge is 0.143 e. The lowest BCUT2D eigenvalue weighted by atomic mass is 9.88. The molecular weight excluding hydrogens is 496 g/mol. The molecule has 8 rings (SSSR count). The minimum absolute atomic E-state index is 0.262. The normalized spacial score (nSPS) is 12.4. The molecule has 0 aliphatic rings. The van der Waals surface area contributed by atoms with Gasteiger partial charge in [0.15, 0.2) is 0 Å². The number of hydrogen-bond acceptors (Lipinski definition) is 1. The Morgan fingerprint density at radius 1 is 0.439 bits per heavy atom. The molecule has 1 heteroatoms. The molecule has 0 aliphatic heterocycles. The largest absolute Gasteiger partial charge is 0.455 e. The standard InChI is InChI=1S/C40H28O/c1-26(27-20-22-28(23-21-27)33-17-9-18-37-36-16-6-7-19-39(36)41-40(33)37)29-11-8-12-30(24-29)38-25-31-10-2-3-13-32(31)34-14-4-5-15-35(34)38/h2-26H,1H3. The van der Waals surface area contributed by atoms with Crippen molar-refractivity contribution in [1.29, 1.82) is 0 Å². The monoisotopic (exact) mass is 524 g/mol. The molecule has 0 bridgehead atoms. The summed E-state index contributed by atoms with van der Waals surface area (Å²) in [5.41, 5.74) is 9.32. The Kier molecular flexibility index (Phi) is 5.50. The van der Waals surface area contributed by atoms with Gasteiger partial charge in [-0.05, 0) is 61.5 Å². The molecule has 1 nitrogen and oxygen atoms in total. The summed E-state index contributed by atoms with van der Waals surface area (Å²) in [7, 11) is 0. The van der Waals surface area contributed by atoms with E-state index in [0.29, 0.717) is 0 Å². The molecule has 0 fully saturated rings. The van der Waals surface area contributed by atoms with Crippen LogP contribution in [0.25, 0.3) is 65.7 Å². The molecule has 41 heavy (non-hydrogen) atoms. The van der Waals surface area contributed by atoms with Gasteiger partial charge in [0.1, 0.15) is 11.2 Å². The third-order valence-electron chi connectivity index (χ3n) is 8.59. The van der Waals surface area contributed by atoms with Crippen LogP contribution in [0.5, 0.6) is 0 Å². The van der Waals surface area contributed by atoms with Gasteiger partial charge in [0, 0.05) is 22.3 Å². The molecule has 1 heterocycles. The zero-order valence-corrected chi connectivity index (χ0v) is 22.8. The van der Waals surface area contributed by atoms with Gasteiger partial charge in [0.2, 0.25) is 0 Å². The summed E-state index contributed by atoms with van der Waals surface area (Å²) >= 11 is 0. The number of fused-ring (bicyclic) bond motifs is 6. The second-order valence-electron chi connectivity index (χ2n) is 10.9. The van der Waals surface area contributed by atoms with E-state index >= 15 is 0 Å². The Morgan fingerprint density at radius 3 is 1.98 bits per heavy atom. The Bertz CT molecular complexity index is 2220. The average Bonchev–Trinajstić information content (AvgIpc) is 3.43. The molecule has 7 aromatic carbocycles. The summed E-state index contributed by atoms with van der Waals surface area (Å²) in [5.74, 6) is 0.262. The average molecular weight is 525 g/mol. The molecule has 0 spiro atoms. The summed E-state index contributed by atoms with van der Waals surface area (Å²) < 4.78 is 6.30. The van der Waals surface area contributed by atoms with Gasteiger partial charge < -0.3 is 4.42 Å². The number of hydrogen-bond donors (Lipinski definition) is 0. The van der Waals surface area contributed by atoms with Crippen molar-refractivity contribution in [3.8, 4) is 22.3 Å². The predicted octanol–water partition coefficient (Wildman–Crippen LogP) is 11.4. The van der Waals surface area contributed by atoms with E-state index in [1.165, 1.54) is 49.4 Å². The van der Waals surface area contributed by atoms with Gasteiger partial charge in [-0.3, -0.25) is 0 Å². The van der Waals surface area contributed by atoms with Gasteiger partial charge in [-0.25, -0.2) is 0 Å². The van der Waals surface area contributed by atoms with Gasteiger partial charge in [0.25, 0.3) is 0 Å². The maximum absolute atomic E-state index is 6.30.